The van der Waals surface area contributed by atoms with E-state index in [4.69, 9.17) is 21.7 Å². The van der Waals surface area contributed by atoms with Crippen LogP contribution in [-0.4, -0.2) is 34.7 Å². The average Bonchev–Trinajstić information content (AvgIpc) is 2.95. The minimum Gasteiger partial charge on any atom is -0.490 e. The van der Waals surface area contributed by atoms with Gasteiger partial charge in [0.15, 0.2) is 22.4 Å². The smallest absolute Gasteiger partial charge is 0.172 e. The number of hydrogen-bond acceptors (Lipinski definition) is 4. The zero-order valence-electron chi connectivity index (χ0n) is 14.3. The molecule has 0 saturated carbocycles. The number of benzene rings is 1. The van der Waals surface area contributed by atoms with Gasteiger partial charge < -0.3 is 20.1 Å². The van der Waals surface area contributed by atoms with Gasteiger partial charge in [0.05, 0.1) is 13.2 Å². The van der Waals surface area contributed by atoms with Crippen molar-refractivity contribution in [1.82, 2.24) is 15.1 Å². The molecule has 0 radical (unpaired) electrons. The minimum atomic E-state index is 0.560. The van der Waals surface area contributed by atoms with Gasteiger partial charge in [-0.3, -0.25) is 4.68 Å². The summed E-state index contributed by atoms with van der Waals surface area (Å²) >= 11 is 5.27. The molecule has 1 heterocycles. The number of thiocarbonyl (C=S) groups is 1. The lowest BCUT2D eigenvalue weighted by atomic mass is 10.1. The van der Waals surface area contributed by atoms with Crippen molar-refractivity contribution in [3.8, 4) is 11.5 Å². The predicted molar refractivity (Wildman–Crippen MR) is 99.9 cm³/mol. The van der Waals surface area contributed by atoms with Crippen LogP contribution >= 0.6 is 12.2 Å². The summed E-state index contributed by atoms with van der Waals surface area (Å²) in [5.74, 6) is 2.30. The molecule has 1 aromatic carbocycles. The monoisotopic (exact) mass is 348 g/mol. The maximum Gasteiger partial charge on any atom is 0.172 e. The van der Waals surface area contributed by atoms with Crippen molar-refractivity contribution in [2.24, 2.45) is 7.05 Å². The molecule has 0 amide bonds. The average molecular weight is 348 g/mol. The molecule has 0 atom stereocenters. The van der Waals surface area contributed by atoms with E-state index in [2.05, 4.69) is 15.7 Å². The molecule has 6 nitrogen and oxygen atoms in total. The van der Waals surface area contributed by atoms with Crippen LogP contribution in [0.4, 0.5) is 5.82 Å². The van der Waals surface area contributed by atoms with Crippen molar-refractivity contribution in [2.75, 3.05) is 25.1 Å². The van der Waals surface area contributed by atoms with Crippen molar-refractivity contribution in [1.29, 1.82) is 0 Å². The highest BCUT2D eigenvalue weighted by molar-refractivity contribution is 7.80. The first-order valence-electron chi connectivity index (χ1n) is 8.05. The van der Waals surface area contributed by atoms with Crippen LogP contribution in [-0.2, 0) is 13.5 Å². The summed E-state index contributed by atoms with van der Waals surface area (Å²) in [6.07, 6.45) is 2.69. The van der Waals surface area contributed by atoms with E-state index in [9.17, 15) is 0 Å². The molecule has 0 spiro atoms. The Kier molecular flexibility index (Phi) is 6.87. The summed E-state index contributed by atoms with van der Waals surface area (Å²) in [4.78, 5) is 0. The number of anilines is 1. The molecule has 2 rings (SSSR count). The lowest BCUT2D eigenvalue weighted by Gasteiger charge is -2.13. The van der Waals surface area contributed by atoms with Gasteiger partial charge in [0.25, 0.3) is 0 Å². The van der Waals surface area contributed by atoms with Gasteiger partial charge in [-0.2, -0.15) is 5.10 Å². The Morgan fingerprint density at radius 1 is 1.17 bits per heavy atom. The lowest BCUT2D eigenvalue weighted by Crippen LogP contribution is -2.30. The molecule has 0 bridgehead atoms. The quantitative estimate of drug-likeness (QED) is 0.716. The van der Waals surface area contributed by atoms with Gasteiger partial charge >= 0.3 is 0 Å². The van der Waals surface area contributed by atoms with Gasteiger partial charge in [-0.1, -0.05) is 6.07 Å². The molecule has 0 fully saturated rings. The Hall–Kier alpha value is -2.28. The number of aryl methyl sites for hydroxylation is 1. The highest BCUT2D eigenvalue weighted by atomic mass is 32.1. The van der Waals surface area contributed by atoms with Crippen LogP contribution in [0, 0.1) is 0 Å². The van der Waals surface area contributed by atoms with Crippen LogP contribution < -0.4 is 20.1 Å². The largest absolute Gasteiger partial charge is 0.490 e. The van der Waals surface area contributed by atoms with Gasteiger partial charge in [0.1, 0.15) is 0 Å². The van der Waals surface area contributed by atoms with Crippen molar-refractivity contribution >= 4 is 23.1 Å². The van der Waals surface area contributed by atoms with Gasteiger partial charge in [0, 0.05) is 25.9 Å². The maximum atomic E-state index is 5.64. The van der Waals surface area contributed by atoms with E-state index in [-0.39, 0.29) is 0 Å². The van der Waals surface area contributed by atoms with Crippen LogP contribution in [0.2, 0.25) is 0 Å². The van der Waals surface area contributed by atoms with Crippen molar-refractivity contribution in [2.45, 2.75) is 20.3 Å². The second-order valence-electron chi connectivity index (χ2n) is 5.15. The second-order valence-corrected chi connectivity index (χ2v) is 5.56. The molecule has 130 valence electrons. The maximum absolute atomic E-state index is 5.64. The van der Waals surface area contributed by atoms with Crippen molar-refractivity contribution < 1.29 is 9.47 Å². The zero-order chi connectivity index (χ0) is 17.4. The zero-order valence-corrected chi connectivity index (χ0v) is 15.2. The topological polar surface area (TPSA) is 60.3 Å². The summed E-state index contributed by atoms with van der Waals surface area (Å²) in [5, 5.41) is 11.0. The van der Waals surface area contributed by atoms with E-state index in [1.54, 1.807) is 4.68 Å². The molecule has 0 unspecified atom stereocenters. The summed E-state index contributed by atoms with van der Waals surface area (Å²) in [5.41, 5.74) is 1.16. The number of nitrogens with zero attached hydrogens (tertiary/aromatic N) is 2. The Morgan fingerprint density at radius 3 is 2.58 bits per heavy atom. The number of rotatable bonds is 8. The molecule has 0 aliphatic carbocycles. The first-order valence-corrected chi connectivity index (χ1v) is 8.46. The molecule has 1 aromatic heterocycles. The predicted octanol–water partition coefficient (Wildman–Crippen LogP) is 2.75. The second kappa shape index (κ2) is 9.12. The molecule has 0 aliphatic rings. The first kappa shape index (κ1) is 18.1. The molecule has 24 heavy (non-hydrogen) atoms. The van der Waals surface area contributed by atoms with E-state index in [1.807, 2.05) is 51.4 Å². The third kappa shape index (κ3) is 5.42. The van der Waals surface area contributed by atoms with Gasteiger partial charge in [-0.05, 0) is 50.2 Å². The highest BCUT2D eigenvalue weighted by Crippen LogP contribution is 2.28. The summed E-state index contributed by atoms with van der Waals surface area (Å²) in [6, 6.07) is 7.89. The Bertz CT molecular complexity index is 672. The number of ether oxygens (including phenoxy) is 2. The van der Waals surface area contributed by atoms with Crippen LogP contribution in [0.3, 0.4) is 0 Å². The Balaban J connectivity index is 1.84. The van der Waals surface area contributed by atoms with E-state index in [1.165, 1.54) is 0 Å². The van der Waals surface area contributed by atoms with Crippen LogP contribution in [0.15, 0.2) is 30.5 Å². The minimum absolute atomic E-state index is 0.560. The molecular formula is C17H24N4O2S. The Morgan fingerprint density at radius 2 is 1.92 bits per heavy atom. The van der Waals surface area contributed by atoms with Crippen molar-refractivity contribution in [3.05, 3.63) is 36.0 Å². The van der Waals surface area contributed by atoms with Gasteiger partial charge in [-0.15, -0.1) is 0 Å². The molecular weight excluding hydrogens is 324 g/mol. The van der Waals surface area contributed by atoms with Gasteiger partial charge in [0.2, 0.25) is 0 Å². The molecule has 7 heteroatoms. The fourth-order valence-corrected chi connectivity index (χ4v) is 2.42. The molecule has 2 aromatic rings. The summed E-state index contributed by atoms with van der Waals surface area (Å²) in [6.45, 7) is 5.88. The number of hydrogen-bond donors (Lipinski definition) is 2. The van der Waals surface area contributed by atoms with Crippen LogP contribution in [0.5, 0.6) is 11.5 Å². The fourth-order valence-electron chi connectivity index (χ4n) is 2.21. The van der Waals surface area contributed by atoms with E-state index < -0.39 is 0 Å². The SMILES string of the molecule is CCOc1ccc(CCNC(=S)Nc2ccn(C)n2)cc1OCC. The van der Waals surface area contributed by atoms with E-state index in [0.29, 0.717) is 18.3 Å². The molecule has 0 aliphatic heterocycles. The normalized spacial score (nSPS) is 10.3. The third-order valence-corrected chi connectivity index (χ3v) is 3.51. The van der Waals surface area contributed by atoms with Crippen LogP contribution in [0.25, 0.3) is 0 Å². The number of nitrogens with one attached hydrogen (secondary N) is 2. The standard InChI is InChI=1S/C17H24N4O2S/c1-4-22-14-7-6-13(12-15(14)23-5-2)8-10-18-17(24)19-16-9-11-21(3)20-16/h6-7,9,11-12H,4-5,8,10H2,1-3H3,(H2,18,19,20,24). The first-order chi connectivity index (χ1) is 11.6. The third-order valence-electron chi connectivity index (χ3n) is 3.26. The lowest BCUT2D eigenvalue weighted by molar-refractivity contribution is 0.287. The van der Waals surface area contributed by atoms with Crippen molar-refractivity contribution in [3.63, 3.8) is 0 Å². The molecule has 2 N–H and O–H groups in total. The highest BCUT2D eigenvalue weighted by Gasteiger charge is 2.06. The van der Waals surface area contributed by atoms with E-state index >= 15 is 0 Å². The Labute approximate surface area is 148 Å². The van der Waals surface area contributed by atoms with Gasteiger partial charge in [-0.25, -0.2) is 0 Å². The summed E-state index contributed by atoms with van der Waals surface area (Å²) < 4.78 is 12.9. The number of aromatic nitrogens is 2. The molecule has 0 saturated heterocycles. The van der Waals surface area contributed by atoms with E-state index in [0.717, 1.165) is 35.8 Å². The fraction of sp³-hybridized carbons (Fsp3) is 0.412. The van der Waals surface area contributed by atoms with Crippen LogP contribution in [0.1, 0.15) is 19.4 Å². The summed E-state index contributed by atoms with van der Waals surface area (Å²) in [7, 11) is 1.86.